The van der Waals surface area contributed by atoms with Crippen molar-refractivity contribution in [1.29, 1.82) is 0 Å². The Morgan fingerprint density at radius 2 is 2.41 bits per heavy atom. The van der Waals surface area contributed by atoms with Crippen LogP contribution in [0.25, 0.3) is 0 Å². The maximum atomic E-state index is 5.72. The van der Waals surface area contributed by atoms with Crippen molar-refractivity contribution < 1.29 is 9.47 Å². The summed E-state index contributed by atoms with van der Waals surface area (Å²) in [5.74, 6) is 0.802. The van der Waals surface area contributed by atoms with E-state index in [1.165, 1.54) is 6.42 Å². The van der Waals surface area contributed by atoms with Crippen molar-refractivity contribution in [2.75, 3.05) is 13.2 Å². The van der Waals surface area contributed by atoms with Gasteiger partial charge in [0.05, 0.1) is 18.4 Å². The Hall–Kier alpha value is -1.13. The molecule has 2 rings (SSSR count). The fraction of sp³-hybridized carbons (Fsp3) is 0.615. The average molecular weight is 236 g/mol. The largest absolute Gasteiger partial charge is 0.492 e. The van der Waals surface area contributed by atoms with E-state index >= 15 is 0 Å². The first kappa shape index (κ1) is 12.3. The Bertz CT molecular complexity index is 362. The molecule has 4 heteroatoms. The van der Waals surface area contributed by atoms with Crippen LogP contribution in [0.15, 0.2) is 12.1 Å². The average Bonchev–Trinajstić information content (AvgIpc) is 2.84. The lowest BCUT2D eigenvalue weighted by molar-refractivity contribution is 0.0901. The standard InChI is InChI=1S/C13H20N2O2/c1-10-4-5-13(12(9-14)15-10)17-8-6-11-3-2-7-16-11/h4-5,11H,2-3,6-9,14H2,1H3. The highest BCUT2D eigenvalue weighted by atomic mass is 16.5. The summed E-state index contributed by atoms with van der Waals surface area (Å²) in [4.78, 5) is 4.36. The van der Waals surface area contributed by atoms with Crippen LogP contribution in [-0.2, 0) is 11.3 Å². The molecule has 1 aliphatic heterocycles. The fourth-order valence-electron chi connectivity index (χ4n) is 2.05. The van der Waals surface area contributed by atoms with E-state index in [0.29, 0.717) is 19.3 Å². The maximum Gasteiger partial charge on any atom is 0.142 e. The summed E-state index contributed by atoms with van der Waals surface area (Å²) >= 11 is 0. The lowest BCUT2D eigenvalue weighted by atomic mass is 10.2. The number of ether oxygens (including phenoxy) is 2. The third kappa shape index (κ3) is 3.41. The van der Waals surface area contributed by atoms with Crippen LogP contribution in [0.3, 0.4) is 0 Å². The number of nitrogens with two attached hydrogens (primary N) is 1. The van der Waals surface area contributed by atoms with E-state index in [1.807, 2.05) is 19.1 Å². The molecular formula is C13H20N2O2. The molecule has 2 heterocycles. The highest BCUT2D eigenvalue weighted by Crippen LogP contribution is 2.19. The topological polar surface area (TPSA) is 57.4 Å². The number of aryl methyl sites for hydroxylation is 1. The van der Waals surface area contributed by atoms with Gasteiger partial charge >= 0.3 is 0 Å². The zero-order valence-electron chi connectivity index (χ0n) is 10.3. The second-order valence-electron chi connectivity index (χ2n) is 4.37. The van der Waals surface area contributed by atoms with Crippen LogP contribution >= 0.6 is 0 Å². The first-order chi connectivity index (χ1) is 8.29. The normalized spacial score (nSPS) is 19.5. The second kappa shape index (κ2) is 5.98. The highest BCUT2D eigenvalue weighted by Gasteiger charge is 2.15. The minimum Gasteiger partial charge on any atom is -0.492 e. The molecule has 0 saturated carbocycles. The van der Waals surface area contributed by atoms with Crippen molar-refractivity contribution in [2.45, 2.75) is 38.8 Å². The predicted octanol–water partition coefficient (Wildman–Crippen LogP) is 1.80. The van der Waals surface area contributed by atoms with Crippen LogP contribution in [0.5, 0.6) is 5.75 Å². The van der Waals surface area contributed by atoms with Crippen molar-refractivity contribution in [3.8, 4) is 5.75 Å². The van der Waals surface area contributed by atoms with Gasteiger partial charge in [0.2, 0.25) is 0 Å². The summed E-state index contributed by atoms with van der Waals surface area (Å²) < 4.78 is 11.3. The third-order valence-corrected chi connectivity index (χ3v) is 2.99. The van der Waals surface area contributed by atoms with Crippen LogP contribution in [-0.4, -0.2) is 24.3 Å². The van der Waals surface area contributed by atoms with E-state index in [0.717, 1.165) is 36.6 Å². The molecule has 1 aliphatic rings. The van der Waals surface area contributed by atoms with E-state index in [2.05, 4.69) is 4.98 Å². The minimum atomic E-state index is 0.370. The van der Waals surface area contributed by atoms with Crippen LogP contribution in [0.1, 0.15) is 30.7 Å². The van der Waals surface area contributed by atoms with Crippen LogP contribution in [0.4, 0.5) is 0 Å². The van der Waals surface area contributed by atoms with Crippen molar-refractivity contribution in [2.24, 2.45) is 5.73 Å². The molecule has 1 fully saturated rings. The number of pyridine rings is 1. The zero-order chi connectivity index (χ0) is 12.1. The van der Waals surface area contributed by atoms with Gasteiger partial charge in [0, 0.05) is 25.3 Å². The molecule has 0 bridgehead atoms. The van der Waals surface area contributed by atoms with Gasteiger partial charge in [-0.3, -0.25) is 4.98 Å². The molecule has 0 aliphatic carbocycles. The molecule has 2 N–H and O–H groups in total. The van der Waals surface area contributed by atoms with Gasteiger partial charge in [-0.2, -0.15) is 0 Å². The molecule has 1 aromatic heterocycles. The third-order valence-electron chi connectivity index (χ3n) is 2.99. The van der Waals surface area contributed by atoms with E-state index in [-0.39, 0.29) is 0 Å². The Morgan fingerprint density at radius 3 is 3.12 bits per heavy atom. The first-order valence-corrected chi connectivity index (χ1v) is 6.20. The number of hydrogen-bond acceptors (Lipinski definition) is 4. The molecule has 0 amide bonds. The van der Waals surface area contributed by atoms with Gasteiger partial charge in [-0.15, -0.1) is 0 Å². The van der Waals surface area contributed by atoms with Crippen LogP contribution < -0.4 is 10.5 Å². The number of nitrogens with zero attached hydrogens (tertiary/aromatic N) is 1. The molecular weight excluding hydrogens is 216 g/mol. The van der Waals surface area contributed by atoms with Crippen molar-refractivity contribution >= 4 is 0 Å². The van der Waals surface area contributed by atoms with E-state index in [4.69, 9.17) is 15.2 Å². The summed E-state index contributed by atoms with van der Waals surface area (Å²) in [7, 11) is 0. The van der Waals surface area contributed by atoms with Crippen LogP contribution in [0.2, 0.25) is 0 Å². The Kier molecular flexibility index (Phi) is 4.34. The fourth-order valence-corrected chi connectivity index (χ4v) is 2.05. The summed E-state index contributed by atoms with van der Waals surface area (Å²) in [6.45, 7) is 3.93. The van der Waals surface area contributed by atoms with Gasteiger partial charge in [-0.1, -0.05) is 0 Å². The van der Waals surface area contributed by atoms with E-state index in [1.54, 1.807) is 0 Å². The minimum absolute atomic E-state index is 0.370. The zero-order valence-corrected chi connectivity index (χ0v) is 10.3. The van der Waals surface area contributed by atoms with Crippen molar-refractivity contribution in [1.82, 2.24) is 4.98 Å². The Balaban J connectivity index is 1.85. The second-order valence-corrected chi connectivity index (χ2v) is 4.37. The molecule has 0 aromatic carbocycles. The van der Waals surface area contributed by atoms with Crippen LogP contribution in [0, 0.1) is 6.92 Å². The van der Waals surface area contributed by atoms with Gasteiger partial charge in [0.15, 0.2) is 0 Å². The van der Waals surface area contributed by atoms with Crippen molar-refractivity contribution in [3.63, 3.8) is 0 Å². The SMILES string of the molecule is Cc1ccc(OCCC2CCCO2)c(CN)n1. The van der Waals surface area contributed by atoms with Gasteiger partial charge in [-0.05, 0) is 31.9 Å². The summed E-state index contributed by atoms with van der Waals surface area (Å²) in [5.41, 5.74) is 7.45. The Morgan fingerprint density at radius 1 is 1.53 bits per heavy atom. The molecule has 0 radical (unpaired) electrons. The van der Waals surface area contributed by atoms with Gasteiger partial charge in [-0.25, -0.2) is 0 Å². The van der Waals surface area contributed by atoms with Crippen molar-refractivity contribution in [3.05, 3.63) is 23.5 Å². The lowest BCUT2D eigenvalue weighted by Gasteiger charge is -2.12. The number of aromatic nitrogens is 1. The van der Waals surface area contributed by atoms with E-state index in [9.17, 15) is 0 Å². The molecule has 0 spiro atoms. The number of hydrogen-bond donors (Lipinski definition) is 1. The van der Waals surface area contributed by atoms with Gasteiger partial charge < -0.3 is 15.2 Å². The summed E-state index contributed by atoms with van der Waals surface area (Å²) in [6, 6.07) is 3.89. The Labute approximate surface area is 102 Å². The monoisotopic (exact) mass is 236 g/mol. The number of rotatable bonds is 5. The molecule has 4 nitrogen and oxygen atoms in total. The summed E-state index contributed by atoms with van der Waals surface area (Å²) in [5, 5.41) is 0. The lowest BCUT2D eigenvalue weighted by Crippen LogP contribution is -2.12. The van der Waals surface area contributed by atoms with E-state index < -0.39 is 0 Å². The quantitative estimate of drug-likeness (QED) is 0.847. The highest BCUT2D eigenvalue weighted by molar-refractivity contribution is 5.29. The van der Waals surface area contributed by atoms with Gasteiger partial charge in [0.25, 0.3) is 0 Å². The van der Waals surface area contributed by atoms with Gasteiger partial charge in [0.1, 0.15) is 5.75 Å². The molecule has 1 aromatic rings. The molecule has 1 atom stereocenters. The molecule has 17 heavy (non-hydrogen) atoms. The maximum absolute atomic E-state index is 5.72. The smallest absolute Gasteiger partial charge is 0.142 e. The molecule has 1 unspecified atom stereocenters. The predicted molar refractivity (Wildman–Crippen MR) is 66.0 cm³/mol. The molecule has 94 valence electrons. The summed E-state index contributed by atoms with van der Waals surface area (Å²) in [6.07, 6.45) is 3.64. The molecule has 1 saturated heterocycles. The first-order valence-electron chi connectivity index (χ1n) is 6.20.